The molecule has 1 rings (SSSR count). The molecular formula is C11H23N3O. The third-order valence-corrected chi connectivity index (χ3v) is 3.38. The molecule has 1 saturated heterocycles. The van der Waals surface area contributed by atoms with E-state index in [4.69, 9.17) is 11.5 Å². The molecule has 4 N–H and O–H groups in total. The fraction of sp³-hybridized carbons (Fsp3) is 0.909. The number of nitrogens with two attached hydrogens (primary N) is 2. The highest BCUT2D eigenvalue weighted by atomic mass is 16.1. The Labute approximate surface area is 92.0 Å². The van der Waals surface area contributed by atoms with Crippen LogP contribution >= 0.6 is 0 Å². The molecule has 88 valence electrons. The summed E-state index contributed by atoms with van der Waals surface area (Å²) in [7, 11) is 0. The number of carbonyl (C=O) groups excluding carboxylic acids is 1. The highest BCUT2D eigenvalue weighted by Gasteiger charge is 2.25. The third kappa shape index (κ3) is 3.80. The average Bonchev–Trinajstić information content (AvgIpc) is 2.26. The monoisotopic (exact) mass is 213 g/mol. The highest BCUT2D eigenvalue weighted by Crippen LogP contribution is 2.19. The van der Waals surface area contributed by atoms with Gasteiger partial charge in [-0.15, -0.1) is 0 Å². The average molecular weight is 213 g/mol. The van der Waals surface area contributed by atoms with E-state index in [1.54, 1.807) is 0 Å². The van der Waals surface area contributed by atoms with E-state index in [-0.39, 0.29) is 11.8 Å². The molecule has 4 heteroatoms. The Kier molecular flexibility index (Phi) is 5.05. The fourth-order valence-electron chi connectivity index (χ4n) is 2.22. The first kappa shape index (κ1) is 12.5. The van der Waals surface area contributed by atoms with Crippen molar-refractivity contribution < 1.29 is 4.79 Å². The molecule has 0 saturated carbocycles. The molecular weight excluding hydrogens is 190 g/mol. The first-order valence-electron chi connectivity index (χ1n) is 5.88. The smallest absolute Gasteiger partial charge is 0.220 e. The maximum Gasteiger partial charge on any atom is 0.220 e. The lowest BCUT2D eigenvalue weighted by molar-refractivity contribution is -0.123. The molecule has 0 bridgehead atoms. The molecule has 0 aromatic heterocycles. The fourth-order valence-corrected chi connectivity index (χ4v) is 2.22. The van der Waals surface area contributed by atoms with E-state index in [9.17, 15) is 4.79 Å². The molecule has 0 spiro atoms. The van der Waals surface area contributed by atoms with Crippen molar-refractivity contribution in [3.8, 4) is 0 Å². The third-order valence-electron chi connectivity index (χ3n) is 3.38. The lowest BCUT2D eigenvalue weighted by atomic mass is 9.95. The summed E-state index contributed by atoms with van der Waals surface area (Å²) >= 11 is 0. The predicted octanol–water partition coefficient (Wildman–Crippen LogP) is 0.311. The molecule has 1 heterocycles. The lowest BCUT2D eigenvalue weighted by Gasteiger charge is -2.35. The summed E-state index contributed by atoms with van der Waals surface area (Å²) in [6.45, 7) is 5.00. The first-order chi connectivity index (χ1) is 7.15. The Bertz CT molecular complexity index is 200. The number of carbonyl (C=O) groups is 1. The molecule has 1 amide bonds. The maximum absolute atomic E-state index is 11.0. The Morgan fingerprint density at radius 2 is 2.07 bits per heavy atom. The molecule has 0 aromatic rings. The molecule has 0 aromatic carbocycles. The van der Waals surface area contributed by atoms with Crippen LogP contribution in [-0.4, -0.2) is 36.5 Å². The molecule has 0 aliphatic carbocycles. The van der Waals surface area contributed by atoms with Crippen LogP contribution in [0.4, 0.5) is 0 Å². The summed E-state index contributed by atoms with van der Waals surface area (Å²) in [5.41, 5.74) is 10.8. The van der Waals surface area contributed by atoms with Gasteiger partial charge in [0.1, 0.15) is 0 Å². The summed E-state index contributed by atoms with van der Waals surface area (Å²) in [5.74, 6) is -0.0350. The van der Waals surface area contributed by atoms with E-state index in [1.807, 2.05) is 0 Å². The molecule has 0 radical (unpaired) electrons. The Hall–Kier alpha value is -0.610. The Morgan fingerprint density at radius 3 is 2.53 bits per heavy atom. The van der Waals surface area contributed by atoms with Crippen LogP contribution in [0.25, 0.3) is 0 Å². The number of hydrogen-bond acceptors (Lipinski definition) is 3. The minimum atomic E-state index is -0.135. The van der Waals surface area contributed by atoms with Crippen LogP contribution in [-0.2, 0) is 4.79 Å². The summed E-state index contributed by atoms with van der Waals surface area (Å²) in [5, 5.41) is 0. The van der Waals surface area contributed by atoms with Gasteiger partial charge in [0.15, 0.2) is 0 Å². The van der Waals surface area contributed by atoms with Crippen molar-refractivity contribution in [2.24, 2.45) is 17.4 Å². The van der Waals surface area contributed by atoms with Gasteiger partial charge in [-0.2, -0.15) is 0 Å². The number of hydrogen-bond donors (Lipinski definition) is 2. The van der Waals surface area contributed by atoms with Gasteiger partial charge in [-0.05, 0) is 52.2 Å². The topological polar surface area (TPSA) is 72.3 Å². The summed E-state index contributed by atoms with van der Waals surface area (Å²) in [6.07, 6.45) is 4.07. The van der Waals surface area contributed by atoms with Crippen molar-refractivity contribution in [1.82, 2.24) is 4.90 Å². The standard InChI is InChI=1S/C11H23N3O/c1-9(3-2-6-12)14-7-4-10(5-8-14)11(13)15/h9-10H,2-8,12H2,1H3,(H2,13,15)/t9-/m0/s1. The van der Waals surface area contributed by atoms with E-state index in [0.717, 1.165) is 45.3 Å². The van der Waals surface area contributed by atoms with Crippen LogP contribution in [0.3, 0.4) is 0 Å². The van der Waals surface area contributed by atoms with Crippen LogP contribution in [0, 0.1) is 5.92 Å². The van der Waals surface area contributed by atoms with Crippen LogP contribution < -0.4 is 11.5 Å². The molecule has 1 aliphatic heterocycles. The number of amides is 1. The van der Waals surface area contributed by atoms with Crippen molar-refractivity contribution in [1.29, 1.82) is 0 Å². The Morgan fingerprint density at radius 1 is 1.47 bits per heavy atom. The second kappa shape index (κ2) is 6.08. The van der Waals surface area contributed by atoms with Crippen LogP contribution in [0.15, 0.2) is 0 Å². The lowest BCUT2D eigenvalue weighted by Crippen LogP contribution is -2.42. The van der Waals surface area contributed by atoms with Crippen molar-refractivity contribution in [3.63, 3.8) is 0 Å². The van der Waals surface area contributed by atoms with Crippen molar-refractivity contribution in [2.45, 2.75) is 38.6 Å². The van der Waals surface area contributed by atoms with Gasteiger partial charge in [0.25, 0.3) is 0 Å². The zero-order valence-corrected chi connectivity index (χ0v) is 9.61. The van der Waals surface area contributed by atoms with Crippen molar-refractivity contribution >= 4 is 5.91 Å². The largest absolute Gasteiger partial charge is 0.369 e. The van der Waals surface area contributed by atoms with Gasteiger partial charge in [-0.1, -0.05) is 0 Å². The van der Waals surface area contributed by atoms with Gasteiger partial charge in [-0.25, -0.2) is 0 Å². The molecule has 1 aliphatic rings. The normalized spacial score (nSPS) is 21.5. The van der Waals surface area contributed by atoms with E-state index < -0.39 is 0 Å². The Balaban J connectivity index is 2.27. The molecule has 15 heavy (non-hydrogen) atoms. The summed E-state index contributed by atoms with van der Waals surface area (Å²) in [4.78, 5) is 13.4. The number of primary amides is 1. The van der Waals surface area contributed by atoms with Crippen LogP contribution in [0.1, 0.15) is 32.6 Å². The number of likely N-dealkylation sites (tertiary alicyclic amines) is 1. The minimum absolute atomic E-state index is 0.1000. The van der Waals surface area contributed by atoms with Gasteiger partial charge in [0, 0.05) is 12.0 Å². The molecule has 1 fully saturated rings. The van der Waals surface area contributed by atoms with Crippen LogP contribution in [0.2, 0.25) is 0 Å². The quantitative estimate of drug-likeness (QED) is 0.690. The van der Waals surface area contributed by atoms with E-state index in [0.29, 0.717) is 6.04 Å². The van der Waals surface area contributed by atoms with E-state index >= 15 is 0 Å². The van der Waals surface area contributed by atoms with Crippen molar-refractivity contribution in [3.05, 3.63) is 0 Å². The molecule has 1 atom stereocenters. The minimum Gasteiger partial charge on any atom is -0.369 e. The zero-order chi connectivity index (χ0) is 11.3. The number of nitrogens with zero attached hydrogens (tertiary/aromatic N) is 1. The van der Waals surface area contributed by atoms with Gasteiger partial charge in [0.2, 0.25) is 5.91 Å². The predicted molar refractivity (Wildman–Crippen MR) is 61.2 cm³/mol. The maximum atomic E-state index is 11.0. The van der Waals surface area contributed by atoms with Crippen molar-refractivity contribution in [2.75, 3.05) is 19.6 Å². The molecule has 4 nitrogen and oxygen atoms in total. The zero-order valence-electron chi connectivity index (χ0n) is 9.61. The summed E-state index contributed by atoms with van der Waals surface area (Å²) in [6, 6.07) is 0.586. The highest BCUT2D eigenvalue weighted by molar-refractivity contribution is 5.76. The SMILES string of the molecule is C[C@@H](CCCN)N1CCC(C(N)=O)CC1. The van der Waals surface area contributed by atoms with Gasteiger partial charge < -0.3 is 16.4 Å². The number of rotatable bonds is 5. The number of piperidine rings is 1. The molecule has 0 unspecified atom stereocenters. The van der Waals surface area contributed by atoms with Crippen LogP contribution in [0.5, 0.6) is 0 Å². The van der Waals surface area contributed by atoms with E-state index in [1.165, 1.54) is 0 Å². The van der Waals surface area contributed by atoms with Gasteiger partial charge in [-0.3, -0.25) is 4.79 Å². The second-order valence-corrected chi connectivity index (χ2v) is 4.49. The first-order valence-corrected chi connectivity index (χ1v) is 5.88. The summed E-state index contributed by atoms with van der Waals surface area (Å²) < 4.78 is 0. The second-order valence-electron chi connectivity index (χ2n) is 4.49. The van der Waals surface area contributed by atoms with Gasteiger partial charge in [0.05, 0.1) is 0 Å². The van der Waals surface area contributed by atoms with E-state index in [2.05, 4.69) is 11.8 Å². The van der Waals surface area contributed by atoms with Gasteiger partial charge >= 0.3 is 0 Å².